The van der Waals surface area contributed by atoms with Crippen LogP contribution in [-0.4, -0.2) is 41.5 Å². The molecule has 0 saturated carbocycles. The van der Waals surface area contributed by atoms with Crippen molar-refractivity contribution in [2.45, 2.75) is 31.8 Å². The van der Waals surface area contributed by atoms with Gasteiger partial charge >= 0.3 is 0 Å². The third-order valence-electron chi connectivity index (χ3n) is 3.72. The number of aromatic nitrogens is 1. The van der Waals surface area contributed by atoms with E-state index < -0.39 is 5.91 Å². The summed E-state index contributed by atoms with van der Waals surface area (Å²) in [6.07, 6.45) is 3.57. The van der Waals surface area contributed by atoms with Crippen molar-refractivity contribution in [2.24, 2.45) is 5.73 Å². The molecule has 2 rings (SSSR count). The molecule has 104 valence electrons. The topological polar surface area (TPSA) is 97.3 Å². The lowest BCUT2D eigenvalue weighted by molar-refractivity contribution is 0.100. The third kappa shape index (κ3) is 3.14. The van der Waals surface area contributed by atoms with Gasteiger partial charge in [0.2, 0.25) is 0 Å². The first-order valence-electron chi connectivity index (χ1n) is 6.49. The minimum absolute atomic E-state index is 0.306. The van der Waals surface area contributed by atoms with Crippen LogP contribution >= 0.6 is 0 Å². The summed E-state index contributed by atoms with van der Waals surface area (Å²) in [4.78, 5) is 17.9. The van der Waals surface area contributed by atoms with Crippen LogP contribution in [0.15, 0.2) is 12.3 Å². The zero-order valence-corrected chi connectivity index (χ0v) is 11.4. The van der Waals surface area contributed by atoms with Crippen LogP contribution in [0.1, 0.15) is 30.1 Å². The Hall–Kier alpha value is -1.82. The number of rotatable bonds is 3. The number of hydrogen-bond donors (Lipinski definition) is 3. The molecule has 0 aliphatic carbocycles. The Labute approximate surface area is 113 Å². The van der Waals surface area contributed by atoms with Crippen LogP contribution in [0.2, 0.25) is 0 Å². The summed E-state index contributed by atoms with van der Waals surface area (Å²) in [6, 6.07) is 2.38. The molecule has 0 spiro atoms. The molecule has 1 aromatic heterocycles. The number of nitrogens with zero attached hydrogens (tertiary/aromatic N) is 2. The standard InChI is InChI=1S/C13H21N5O/c1-8-5-10(3-4-18(8)2)17-13-11(12(15)19)6-9(14)7-16-13/h6-8,10H,3-5,14H2,1-2H3,(H2,15,19)(H,16,17). The summed E-state index contributed by atoms with van der Waals surface area (Å²) in [6.45, 7) is 3.22. The molecule has 0 radical (unpaired) electrons. The van der Waals surface area contributed by atoms with Crippen molar-refractivity contribution < 1.29 is 4.79 Å². The van der Waals surface area contributed by atoms with Crippen molar-refractivity contribution in [2.75, 3.05) is 24.6 Å². The first kappa shape index (κ1) is 13.6. The fraction of sp³-hybridized carbons (Fsp3) is 0.538. The monoisotopic (exact) mass is 263 g/mol. The minimum atomic E-state index is -0.511. The predicted molar refractivity (Wildman–Crippen MR) is 75.9 cm³/mol. The van der Waals surface area contributed by atoms with E-state index in [-0.39, 0.29) is 0 Å². The third-order valence-corrected chi connectivity index (χ3v) is 3.72. The fourth-order valence-electron chi connectivity index (χ4n) is 2.40. The summed E-state index contributed by atoms with van der Waals surface area (Å²) in [5.41, 5.74) is 11.8. The van der Waals surface area contributed by atoms with Gasteiger partial charge in [-0.2, -0.15) is 0 Å². The van der Waals surface area contributed by atoms with E-state index in [1.807, 2.05) is 0 Å². The lowest BCUT2D eigenvalue weighted by atomic mass is 9.99. The molecule has 1 fully saturated rings. The number of piperidine rings is 1. The van der Waals surface area contributed by atoms with Gasteiger partial charge in [-0.05, 0) is 32.9 Å². The van der Waals surface area contributed by atoms with Crippen LogP contribution in [-0.2, 0) is 0 Å². The highest BCUT2D eigenvalue weighted by Crippen LogP contribution is 2.21. The highest BCUT2D eigenvalue weighted by molar-refractivity contribution is 5.98. The van der Waals surface area contributed by atoms with E-state index in [0.717, 1.165) is 19.4 Å². The second-order valence-electron chi connectivity index (χ2n) is 5.22. The zero-order valence-electron chi connectivity index (χ0n) is 11.4. The lowest BCUT2D eigenvalue weighted by Crippen LogP contribution is -2.43. The number of nitrogens with two attached hydrogens (primary N) is 2. The maximum Gasteiger partial charge on any atom is 0.252 e. The first-order valence-corrected chi connectivity index (χ1v) is 6.49. The summed E-state index contributed by atoms with van der Waals surface area (Å²) in [7, 11) is 2.12. The van der Waals surface area contributed by atoms with Crippen molar-refractivity contribution in [1.82, 2.24) is 9.88 Å². The summed E-state index contributed by atoms with van der Waals surface area (Å²) in [5.74, 6) is 0.0201. The Bertz CT molecular complexity index is 476. The highest BCUT2D eigenvalue weighted by Gasteiger charge is 2.24. The van der Waals surface area contributed by atoms with Gasteiger partial charge in [0, 0.05) is 18.6 Å². The van der Waals surface area contributed by atoms with Crippen molar-refractivity contribution in [3.05, 3.63) is 17.8 Å². The summed E-state index contributed by atoms with van der Waals surface area (Å²) in [5, 5.41) is 3.31. The average molecular weight is 263 g/mol. The van der Waals surface area contributed by atoms with Crippen LogP contribution in [0.4, 0.5) is 11.5 Å². The molecule has 6 heteroatoms. The molecule has 5 N–H and O–H groups in total. The van der Waals surface area contributed by atoms with Crippen molar-refractivity contribution in [3.8, 4) is 0 Å². The van der Waals surface area contributed by atoms with Crippen LogP contribution in [0.25, 0.3) is 0 Å². The van der Waals surface area contributed by atoms with E-state index in [2.05, 4.69) is 29.2 Å². The van der Waals surface area contributed by atoms with Gasteiger partial charge in [0.05, 0.1) is 17.4 Å². The van der Waals surface area contributed by atoms with E-state index in [0.29, 0.717) is 29.2 Å². The van der Waals surface area contributed by atoms with Crippen LogP contribution in [0, 0.1) is 0 Å². The number of primary amides is 1. The van der Waals surface area contributed by atoms with Gasteiger partial charge < -0.3 is 21.7 Å². The van der Waals surface area contributed by atoms with Gasteiger partial charge in [-0.3, -0.25) is 4.79 Å². The number of pyridine rings is 1. The Morgan fingerprint density at radius 3 is 2.95 bits per heavy atom. The molecular weight excluding hydrogens is 242 g/mol. The number of carbonyl (C=O) groups excluding carboxylic acids is 1. The van der Waals surface area contributed by atoms with Crippen molar-refractivity contribution in [1.29, 1.82) is 0 Å². The molecule has 0 bridgehead atoms. The molecule has 19 heavy (non-hydrogen) atoms. The minimum Gasteiger partial charge on any atom is -0.397 e. The second-order valence-corrected chi connectivity index (χ2v) is 5.22. The normalized spacial score (nSPS) is 24.1. The molecule has 0 aromatic carbocycles. The number of carbonyl (C=O) groups is 1. The molecule has 1 amide bonds. The quantitative estimate of drug-likeness (QED) is 0.744. The zero-order chi connectivity index (χ0) is 14.0. The summed E-state index contributed by atoms with van der Waals surface area (Å²) >= 11 is 0. The van der Waals surface area contributed by atoms with Gasteiger partial charge in [0.15, 0.2) is 0 Å². The van der Waals surface area contributed by atoms with Gasteiger partial charge in [-0.25, -0.2) is 4.98 Å². The van der Waals surface area contributed by atoms with E-state index in [1.54, 1.807) is 6.07 Å². The lowest BCUT2D eigenvalue weighted by Gasteiger charge is -2.35. The van der Waals surface area contributed by atoms with Gasteiger partial charge in [-0.15, -0.1) is 0 Å². The average Bonchev–Trinajstić information content (AvgIpc) is 2.36. The molecular formula is C13H21N5O. The predicted octanol–water partition coefficient (Wildman–Crippen LogP) is 0.657. The van der Waals surface area contributed by atoms with E-state index >= 15 is 0 Å². The van der Waals surface area contributed by atoms with Gasteiger partial charge in [-0.1, -0.05) is 0 Å². The van der Waals surface area contributed by atoms with Crippen LogP contribution in [0.5, 0.6) is 0 Å². The number of amides is 1. The molecule has 2 heterocycles. The van der Waals surface area contributed by atoms with Crippen molar-refractivity contribution >= 4 is 17.4 Å². The Morgan fingerprint density at radius 2 is 2.32 bits per heavy atom. The smallest absolute Gasteiger partial charge is 0.252 e. The number of nitrogen functional groups attached to an aromatic ring is 1. The van der Waals surface area contributed by atoms with Crippen LogP contribution in [0.3, 0.4) is 0 Å². The molecule has 1 aliphatic rings. The number of nitrogens with one attached hydrogen (secondary N) is 1. The molecule has 1 saturated heterocycles. The Kier molecular flexibility index (Phi) is 3.90. The highest BCUT2D eigenvalue weighted by atomic mass is 16.1. The largest absolute Gasteiger partial charge is 0.397 e. The Balaban J connectivity index is 2.13. The fourth-order valence-corrected chi connectivity index (χ4v) is 2.40. The SMILES string of the molecule is CC1CC(Nc2ncc(N)cc2C(N)=O)CCN1C. The van der Waals surface area contributed by atoms with Gasteiger partial charge in [0.1, 0.15) is 5.82 Å². The van der Waals surface area contributed by atoms with E-state index in [9.17, 15) is 4.79 Å². The number of likely N-dealkylation sites (tertiary alicyclic amines) is 1. The maximum absolute atomic E-state index is 11.4. The molecule has 2 unspecified atom stereocenters. The molecule has 2 atom stereocenters. The number of hydrogen-bond acceptors (Lipinski definition) is 5. The first-order chi connectivity index (χ1) is 8.97. The molecule has 6 nitrogen and oxygen atoms in total. The molecule has 1 aromatic rings. The maximum atomic E-state index is 11.4. The Morgan fingerprint density at radius 1 is 1.58 bits per heavy atom. The van der Waals surface area contributed by atoms with E-state index in [4.69, 9.17) is 11.5 Å². The second kappa shape index (κ2) is 5.44. The summed E-state index contributed by atoms with van der Waals surface area (Å²) < 4.78 is 0. The number of anilines is 2. The van der Waals surface area contributed by atoms with Crippen LogP contribution < -0.4 is 16.8 Å². The molecule has 1 aliphatic heterocycles. The van der Waals surface area contributed by atoms with Gasteiger partial charge in [0.25, 0.3) is 5.91 Å². The van der Waals surface area contributed by atoms with E-state index in [1.165, 1.54) is 6.20 Å². The van der Waals surface area contributed by atoms with Crippen molar-refractivity contribution in [3.63, 3.8) is 0 Å².